The van der Waals surface area contributed by atoms with Crippen molar-refractivity contribution in [1.29, 1.82) is 0 Å². The molecule has 1 N–H and O–H groups in total. The highest BCUT2D eigenvalue weighted by Crippen LogP contribution is 2.35. The van der Waals surface area contributed by atoms with E-state index in [1.54, 1.807) is 17.7 Å². The highest BCUT2D eigenvalue weighted by Gasteiger charge is 2.34. The number of rotatable bonds is 2. The molecule has 0 unspecified atom stereocenters. The van der Waals surface area contributed by atoms with Gasteiger partial charge in [0.05, 0.1) is 11.3 Å². The first-order chi connectivity index (χ1) is 12.2. The minimum absolute atomic E-state index is 0.0477. The third-order valence-corrected chi connectivity index (χ3v) is 6.25. The second-order valence-electron chi connectivity index (χ2n) is 6.21. The summed E-state index contributed by atoms with van der Waals surface area (Å²) in [4.78, 5) is 2.60. The number of hydrogen-bond donors (Lipinski definition) is 1. The van der Waals surface area contributed by atoms with Crippen LogP contribution < -0.4 is 4.31 Å². The number of sulfonamides is 1. The maximum atomic E-state index is 13.2. The zero-order valence-electron chi connectivity index (χ0n) is 13.7. The maximum absolute atomic E-state index is 13.2. The van der Waals surface area contributed by atoms with Gasteiger partial charge >= 0.3 is 6.18 Å². The van der Waals surface area contributed by atoms with Gasteiger partial charge in [0, 0.05) is 36.3 Å². The van der Waals surface area contributed by atoms with E-state index in [2.05, 4.69) is 10.1 Å². The molecule has 0 aliphatic carbocycles. The molecule has 3 aromatic rings. The molecule has 4 rings (SSSR count). The van der Waals surface area contributed by atoms with Crippen molar-refractivity contribution < 1.29 is 21.6 Å². The van der Waals surface area contributed by atoms with Crippen LogP contribution in [0.25, 0.3) is 10.9 Å². The molecule has 3 heterocycles. The number of hydrogen-bond acceptors (Lipinski definition) is 3. The topological polar surface area (TPSA) is 71.0 Å². The first kappa shape index (κ1) is 17.0. The van der Waals surface area contributed by atoms with E-state index in [1.165, 1.54) is 16.6 Å². The Kier molecular flexibility index (Phi) is 3.59. The number of aryl methyl sites for hydroxylation is 2. The van der Waals surface area contributed by atoms with Gasteiger partial charge in [0.25, 0.3) is 10.0 Å². The molecule has 0 amide bonds. The number of halogens is 3. The maximum Gasteiger partial charge on any atom is 0.416 e. The molecule has 0 fully saturated rings. The van der Waals surface area contributed by atoms with Gasteiger partial charge in [0.1, 0.15) is 10.7 Å². The van der Waals surface area contributed by atoms with Crippen LogP contribution >= 0.6 is 0 Å². The van der Waals surface area contributed by atoms with E-state index in [-0.39, 0.29) is 15.8 Å². The molecule has 0 saturated carbocycles. The molecule has 2 aromatic heterocycles. The number of nitrogens with zero attached hydrogens (tertiary/aromatic N) is 3. The Balaban J connectivity index is 1.82. The zero-order chi connectivity index (χ0) is 18.7. The van der Waals surface area contributed by atoms with Crippen molar-refractivity contribution in [2.75, 3.05) is 10.8 Å². The average Bonchev–Trinajstić information content (AvgIpc) is 3.15. The Morgan fingerprint density at radius 1 is 1.19 bits per heavy atom. The zero-order valence-corrected chi connectivity index (χ0v) is 14.5. The van der Waals surface area contributed by atoms with E-state index in [0.29, 0.717) is 31.0 Å². The molecule has 0 atom stereocenters. The number of aromatic amines is 1. The van der Waals surface area contributed by atoms with E-state index < -0.39 is 21.8 Å². The van der Waals surface area contributed by atoms with E-state index in [1.807, 2.05) is 0 Å². The molecule has 10 heteroatoms. The lowest BCUT2D eigenvalue weighted by Crippen LogP contribution is -2.37. The number of fused-ring (bicyclic) bond motifs is 2. The molecule has 1 aliphatic heterocycles. The Hall–Kier alpha value is -2.49. The van der Waals surface area contributed by atoms with E-state index in [4.69, 9.17) is 0 Å². The van der Waals surface area contributed by atoms with Crippen molar-refractivity contribution in [2.24, 2.45) is 0 Å². The van der Waals surface area contributed by atoms with Crippen LogP contribution in [0.5, 0.6) is 0 Å². The quantitative estimate of drug-likeness (QED) is 0.737. The lowest BCUT2D eigenvalue weighted by atomic mass is 10.1. The van der Waals surface area contributed by atoms with Crippen LogP contribution in [-0.2, 0) is 22.7 Å². The molecule has 0 radical (unpaired) electrons. The number of aromatic nitrogens is 3. The monoisotopic (exact) mass is 384 g/mol. The van der Waals surface area contributed by atoms with Crippen LogP contribution in [0.3, 0.4) is 0 Å². The number of alkyl halides is 3. The first-order valence-corrected chi connectivity index (χ1v) is 9.37. The molecule has 1 aromatic carbocycles. The number of nitrogens with one attached hydrogen (secondary N) is 1. The van der Waals surface area contributed by atoms with Gasteiger partial charge in [0.2, 0.25) is 0 Å². The Labute approximate surface area is 147 Å². The van der Waals surface area contributed by atoms with Crippen molar-refractivity contribution in [1.82, 2.24) is 14.8 Å². The summed E-state index contributed by atoms with van der Waals surface area (Å²) in [5, 5.41) is 4.50. The largest absolute Gasteiger partial charge is 0.416 e. The molecule has 0 bridgehead atoms. The second kappa shape index (κ2) is 5.50. The molecule has 138 valence electrons. The van der Waals surface area contributed by atoms with Gasteiger partial charge in [-0.15, -0.1) is 0 Å². The lowest BCUT2D eigenvalue weighted by molar-refractivity contribution is -0.137. The molecular weight excluding hydrogens is 369 g/mol. The van der Waals surface area contributed by atoms with Crippen LogP contribution in [0.1, 0.15) is 17.7 Å². The van der Waals surface area contributed by atoms with Crippen molar-refractivity contribution in [2.45, 2.75) is 31.0 Å². The van der Waals surface area contributed by atoms with Gasteiger partial charge in [-0.3, -0.25) is 0 Å². The van der Waals surface area contributed by atoms with Gasteiger partial charge in [-0.25, -0.2) is 17.4 Å². The third-order valence-electron chi connectivity index (χ3n) is 4.41. The van der Waals surface area contributed by atoms with Gasteiger partial charge < -0.3 is 4.98 Å². The minimum atomic E-state index is -4.49. The standard InChI is InChI=1S/C16H15F3N4O2S/c1-10-7-15-22(21-10)5-2-6-23(15)26(24,25)14-9-20-13-8-11(16(17,18)19)3-4-12(13)14/h3-4,7-9,20H,2,5-6H2,1H3. The smallest absolute Gasteiger partial charge is 0.360 e. The molecule has 6 nitrogen and oxygen atoms in total. The molecular formula is C16H15F3N4O2S. The molecule has 1 aliphatic rings. The van der Waals surface area contributed by atoms with Gasteiger partial charge in [-0.05, 0) is 25.5 Å². The van der Waals surface area contributed by atoms with E-state index >= 15 is 0 Å². The number of anilines is 1. The highest BCUT2D eigenvalue weighted by molar-refractivity contribution is 7.93. The molecule has 0 saturated heterocycles. The molecule has 26 heavy (non-hydrogen) atoms. The summed E-state index contributed by atoms with van der Waals surface area (Å²) in [6.07, 6.45) is -2.65. The van der Waals surface area contributed by atoms with Crippen LogP contribution in [0, 0.1) is 6.92 Å². The first-order valence-electron chi connectivity index (χ1n) is 7.93. The number of benzene rings is 1. The van der Waals surface area contributed by atoms with Crippen molar-refractivity contribution in [3.63, 3.8) is 0 Å². The fourth-order valence-corrected chi connectivity index (χ4v) is 4.89. The summed E-state index contributed by atoms with van der Waals surface area (Å²) in [6, 6.07) is 4.68. The van der Waals surface area contributed by atoms with Crippen LogP contribution in [0.2, 0.25) is 0 Å². The summed E-state index contributed by atoms with van der Waals surface area (Å²) in [5.41, 5.74) is -0.00147. The van der Waals surface area contributed by atoms with Crippen LogP contribution in [0.4, 0.5) is 19.0 Å². The molecule has 0 spiro atoms. The third kappa shape index (κ3) is 2.56. The SMILES string of the molecule is Cc1cc2n(n1)CCCN2S(=O)(=O)c1c[nH]c2cc(C(F)(F)F)ccc12. The Bertz CT molecular complexity index is 1100. The van der Waals surface area contributed by atoms with Gasteiger partial charge in [-0.2, -0.15) is 18.3 Å². The van der Waals surface area contributed by atoms with Gasteiger partial charge in [-0.1, -0.05) is 6.07 Å². The fraction of sp³-hybridized carbons (Fsp3) is 0.312. The summed E-state index contributed by atoms with van der Waals surface area (Å²) >= 11 is 0. The predicted octanol–water partition coefficient (Wildman–Crippen LogP) is 3.29. The van der Waals surface area contributed by atoms with Crippen molar-refractivity contribution >= 4 is 26.7 Å². The minimum Gasteiger partial charge on any atom is -0.360 e. The predicted molar refractivity (Wildman–Crippen MR) is 89.4 cm³/mol. The Morgan fingerprint density at radius 2 is 1.96 bits per heavy atom. The summed E-state index contributed by atoms with van der Waals surface area (Å²) in [5.74, 6) is 0.468. The second-order valence-corrected chi connectivity index (χ2v) is 8.04. The normalized spacial score (nSPS) is 15.5. The summed E-state index contributed by atoms with van der Waals surface area (Å²) in [6.45, 7) is 2.69. The van der Waals surface area contributed by atoms with Crippen molar-refractivity contribution in [3.8, 4) is 0 Å². The van der Waals surface area contributed by atoms with Gasteiger partial charge in [0.15, 0.2) is 0 Å². The van der Waals surface area contributed by atoms with Crippen LogP contribution in [-0.4, -0.2) is 29.7 Å². The van der Waals surface area contributed by atoms with E-state index in [0.717, 1.165) is 12.1 Å². The Morgan fingerprint density at radius 3 is 2.69 bits per heavy atom. The summed E-state index contributed by atoms with van der Waals surface area (Å²) < 4.78 is 67.8. The van der Waals surface area contributed by atoms with Crippen molar-refractivity contribution in [3.05, 3.63) is 41.7 Å². The van der Waals surface area contributed by atoms with E-state index in [9.17, 15) is 21.6 Å². The summed E-state index contributed by atoms with van der Waals surface area (Å²) in [7, 11) is -3.93. The number of H-pyrrole nitrogens is 1. The lowest BCUT2D eigenvalue weighted by Gasteiger charge is -2.28. The highest BCUT2D eigenvalue weighted by atomic mass is 32.2. The fourth-order valence-electron chi connectivity index (χ4n) is 3.23. The average molecular weight is 384 g/mol. The van der Waals surface area contributed by atoms with Crippen LogP contribution in [0.15, 0.2) is 35.4 Å².